The number of nitrogens with zero attached hydrogens (tertiary/aromatic N) is 1. The lowest BCUT2D eigenvalue weighted by Gasteiger charge is -2.27. The molecule has 0 fully saturated rings. The summed E-state index contributed by atoms with van der Waals surface area (Å²) in [7, 11) is 0. The Hall–Kier alpha value is -1.07. The maximum atomic E-state index is 13.3. The van der Waals surface area contributed by atoms with Gasteiger partial charge in [0.25, 0.3) is 11.8 Å². The zero-order chi connectivity index (χ0) is 42.6. The molecule has 0 aliphatic heterocycles. The van der Waals surface area contributed by atoms with Crippen molar-refractivity contribution in [2.24, 2.45) is 23.7 Å². The van der Waals surface area contributed by atoms with E-state index < -0.39 is 36.2 Å². The van der Waals surface area contributed by atoms with Gasteiger partial charge >= 0.3 is 0 Å². The molecule has 0 radical (unpaired) electrons. The van der Waals surface area contributed by atoms with Crippen LogP contribution in [0.15, 0.2) is 0 Å². The number of unbranched alkanes of at least 4 members (excludes halogenated alkanes) is 1. The SMILES string of the molecule is CC(=O)N(CCCC(F)(F)C(C)C)C(C)C.CC(C)CCC(F)(F)COC(C)C.CC(C)CCCCOC(C)C.CC(C)OCCCC(F)(F)C(C)C. The first kappa shape index (κ1) is 58.6. The second-order valence-corrected chi connectivity index (χ2v) is 16.7. The monoisotopic (exact) mass is 782 g/mol. The Kier molecular flexibility index (Phi) is 35.5. The standard InChI is InChI=1S/C12H23F2NO.2C10H20F2O.C10H22O/c1-9(2)12(13,14)7-6-8-15(10(3)4)11(5)16;1-8(2)5-6-10(11,12)7-13-9(3)4;1-8(2)10(11,12)6-5-7-13-9(3)4;1-9(2)7-5-6-8-11-10(3)4/h9-10H,6-8H2,1-5H3;2*8-9H,5-7H2,1-4H3;9-10H,5-8H2,1-4H3. The lowest BCUT2D eigenvalue weighted by Crippen LogP contribution is -2.37. The third kappa shape index (κ3) is 41.9. The van der Waals surface area contributed by atoms with Gasteiger partial charge in [0.2, 0.25) is 11.8 Å². The van der Waals surface area contributed by atoms with Gasteiger partial charge in [0.15, 0.2) is 0 Å². The second kappa shape index (κ2) is 32.1. The molecule has 324 valence electrons. The van der Waals surface area contributed by atoms with Crippen molar-refractivity contribution in [2.75, 3.05) is 26.4 Å². The Morgan fingerprint density at radius 1 is 0.528 bits per heavy atom. The number of rotatable bonds is 24. The number of carbonyl (C=O) groups is 1. The largest absolute Gasteiger partial charge is 0.379 e. The molecule has 53 heavy (non-hydrogen) atoms. The van der Waals surface area contributed by atoms with Gasteiger partial charge in [-0.15, -0.1) is 0 Å². The summed E-state index contributed by atoms with van der Waals surface area (Å²) < 4.78 is 94.2. The fraction of sp³-hybridized carbons (Fsp3) is 0.976. The van der Waals surface area contributed by atoms with Gasteiger partial charge < -0.3 is 19.1 Å². The molecule has 0 aromatic rings. The van der Waals surface area contributed by atoms with Crippen molar-refractivity contribution in [1.82, 2.24) is 4.90 Å². The van der Waals surface area contributed by atoms with Crippen LogP contribution in [0, 0.1) is 23.7 Å². The highest BCUT2D eigenvalue weighted by Crippen LogP contribution is 2.30. The molecule has 0 aromatic carbocycles. The van der Waals surface area contributed by atoms with Crippen LogP contribution in [0.5, 0.6) is 0 Å². The summed E-state index contributed by atoms with van der Waals surface area (Å²) in [4.78, 5) is 12.8. The predicted octanol–water partition coefficient (Wildman–Crippen LogP) is 13.5. The molecule has 0 atom stereocenters. The molecule has 0 bridgehead atoms. The van der Waals surface area contributed by atoms with E-state index in [1.165, 1.54) is 40.0 Å². The average molecular weight is 782 g/mol. The quantitative estimate of drug-likeness (QED) is 0.0723. The second-order valence-electron chi connectivity index (χ2n) is 16.7. The Labute approximate surface area is 323 Å². The summed E-state index contributed by atoms with van der Waals surface area (Å²) in [6.07, 6.45) is 5.31. The molecule has 0 saturated carbocycles. The summed E-state index contributed by atoms with van der Waals surface area (Å²) >= 11 is 0. The lowest BCUT2D eigenvalue weighted by molar-refractivity contribution is -0.131. The highest BCUT2D eigenvalue weighted by Gasteiger charge is 2.33. The number of alkyl halides is 6. The molecular weight excluding hydrogens is 696 g/mol. The van der Waals surface area contributed by atoms with Crippen molar-refractivity contribution in [2.45, 2.75) is 218 Å². The molecule has 0 heterocycles. The van der Waals surface area contributed by atoms with Gasteiger partial charge in [-0.25, -0.2) is 26.3 Å². The number of hydrogen-bond acceptors (Lipinski definition) is 4. The van der Waals surface area contributed by atoms with Crippen molar-refractivity contribution in [3.8, 4) is 0 Å². The normalized spacial score (nSPS) is 12.4. The Morgan fingerprint density at radius 3 is 1.26 bits per heavy atom. The molecule has 0 aliphatic carbocycles. The fourth-order valence-electron chi connectivity index (χ4n) is 4.30. The summed E-state index contributed by atoms with van der Waals surface area (Å²) in [5, 5.41) is 0. The number of ether oxygens (including phenoxy) is 3. The number of amides is 1. The van der Waals surface area contributed by atoms with Crippen LogP contribution in [0.3, 0.4) is 0 Å². The van der Waals surface area contributed by atoms with Crippen LogP contribution in [-0.4, -0.2) is 79.3 Å². The molecule has 0 aliphatic rings. The highest BCUT2D eigenvalue weighted by atomic mass is 19.3. The first-order chi connectivity index (χ1) is 24.0. The smallest absolute Gasteiger partial charge is 0.271 e. The highest BCUT2D eigenvalue weighted by molar-refractivity contribution is 5.73. The van der Waals surface area contributed by atoms with Gasteiger partial charge in [-0.1, -0.05) is 68.2 Å². The fourth-order valence-corrected chi connectivity index (χ4v) is 4.30. The van der Waals surface area contributed by atoms with E-state index in [0.717, 1.165) is 12.5 Å². The van der Waals surface area contributed by atoms with Crippen LogP contribution in [0.25, 0.3) is 0 Å². The Balaban J connectivity index is -0.000000305. The maximum Gasteiger partial charge on any atom is 0.271 e. The molecule has 0 N–H and O–H groups in total. The third-order valence-electron chi connectivity index (χ3n) is 8.07. The van der Waals surface area contributed by atoms with Crippen molar-refractivity contribution in [3.63, 3.8) is 0 Å². The molecule has 0 rings (SSSR count). The van der Waals surface area contributed by atoms with E-state index in [1.54, 1.807) is 32.6 Å². The van der Waals surface area contributed by atoms with Crippen molar-refractivity contribution < 1.29 is 45.3 Å². The van der Waals surface area contributed by atoms with Crippen LogP contribution < -0.4 is 0 Å². The van der Waals surface area contributed by atoms with Gasteiger partial charge in [-0.05, 0) is 92.9 Å². The minimum Gasteiger partial charge on any atom is -0.379 e. The van der Waals surface area contributed by atoms with E-state index in [1.807, 2.05) is 41.5 Å². The van der Waals surface area contributed by atoms with Crippen molar-refractivity contribution in [1.29, 1.82) is 0 Å². The topological polar surface area (TPSA) is 48.0 Å². The minimum absolute atomic E-state index is 0.0529. The number of hydrogen-bond donors (Lipinski definition) is 0. The summed E-state index contributed by atoms with van der Waals surface area (Å²) in [5.74, 6) is -7.93. The molecule has 5 nitrogen and oxygen atoms in total. The van der Waals surface area contributed by atoms with Gasteiger partial charge in [-0.3, -0.25) is 4.79 Å². The summed E-state index contributed by atoms with van der Waals surface area (Å²) in [6, 6.07) is 0.0742. The van der Waals surface area contributed by atoms with Gasteiger partial charge in [0.1, 0.15) is 6.61 Å². The molecule has 0 saturated heterocycles. The van der Waals surface area contributed by atoms with Crippen LogP contribution in [0.4, 0.5) is 26.3 Å². The van der Waals surface area contributed by atoms with Gasteiger partial charge in [-0.2, -0.15) is 0 Å². The van der Waals surface area contributed by atoms with Crippen LogP contribution >= 0.6 is 0 Å². The zero-order valence-electron chi connectivity index (χ0n) is 37.2. The minimum atomic E-state index is -2.66. The van der Waals surface area contributed by atoms with E-state index >= 15 is 0 Å². The molecular formula is C42H85F6NO4. The number of halogens is 6. The van der Waals surface area contributed by atoms with E-state index in [4.69, 9.17) is 14.2 Å². The molecule has 0 aromatic heterocycles. The molecule has 0 unspecified atom stereocenters. The third-order valence-corrected chi connectivity index (χ3v) is 8.07. The Bertz CT molecular complexity index is 810. The maximum absolute atomic E-state index is 13.3. The average Bonchev–Trinajstić information content (AvgIpc) is 2.99. The van der Waals surface area contributed by atoms with Crippen molar-refractivity contribution >= 4 is 5.91 Å². The number of carbonyl (C=O) groups excluding carboxylic acids is 1. The molecule has 0 spiro atoms. The molecule has 1 amide bonds. The lowest BCUT2D eigenvalue weighted by atomic mass is 10.0. The van der Waals surface area contributed by atoms with Crippen LogP contribution in [-0.2, 0) is 19.0 Å². The van der Waals surface area contributed by atoms with Crippen molar-refractivity contribution in [3.05, 3.63) is 0 Å². The van der Waals surface area contributed by atoms with E-state index in [-0.39, 0.29) is 43.4 Å². The van der Waals surface area contributed by atoms with E-state index in [9.17, 15) is 31.1 Å². The van der Waals surface area contributed by atoms with Crippen LogP contribution in [0.2, 0.25) is 0 Å². The van der Waals surface area contributed by atoms with Gasteiger partial charge in [0, 0.05) is 63.8 Å². The zero-order valence-corrected chi connectivity index (χ0v) is 37.2. The first-order valence-corrected chi connectivity index (χ1v) is 20.3. The summed E-state index contributed by atoms with van der Waals surface area (Å²) in [5.41, 5.74) is 0. The summed E-state index contributed by atoms with van der Waals surface area (Å²) in [6.45, 7) is 32.6. The first-order valence-electron chi connectivity index (χ1n) is 20.3. The van der Waals surface area contributed by atoms with Gasteiger partial charge in [0.05, 0.1) is 18.3 Å². The Morgan fingerprint density at radius 2 is 0.925 bits per heavy atom. The molecule has 11 heteroatoms. The van der Waals surface area contributed by atoms with E-state index in [2.05, 4.69) is 27.7 Å². The van der Waals surface area contributed by atoms with E-state index in [0.29, 0.717) is 44.4 Å². The van der Waals surface area contributed by atoms with Crippen LogP contribution in [0.1, 0.15) is 175 Å². The predicted molar refractivity (Wildman–Crippen MR) is 212 cm³/mol.